The summed E-state index contributed by atoms with van der Waals surface area (Å²) in [5.74, 6) is 1.77. The molecule has 0 saturated carbocycles. The molecule has 7 heteroatoms. The van der Waals surface area contributed by atoms with Crippen molar-refractivity contribution in [1.29, 1.82) is 0 Å². The van der Waals surface area contributed by atoms with Gasteiger partial charge >= 0.3 is 0 Å². The highest BCUT2D eigenvalue weighted by atomic mass is 32.1. The van der Waals surface area contributed by atoms with Crippen molar-refractivity contribution >= 4 is 23.2 Å². The quantitative estimate of drug-likeness (QED) is 0.411. The van der Waals surface area contributed by atoms with E-state index in [0.717, 1.165) is 17.7 Å². The van der Waals surface area contributed by atoms with Crippen molar-refractivity contribution in [2.75, 3.05) is 19.7 Å². The Kier molecular flexibility index (Phi) is 7.73. The molecule has 3 heterocycles. The Morgan fingerprint density at radius 3 is 2.68 bits per heavy atom. The average molecular weight is 481 g/mol. The maximum absolute atomic E-state index is 13.5. The first-order chi connectivity index (χ1) is 16.5. The number of fused-ring (bicyclic) bond motifs is 1. The highest BCUT2D eigenvalue weighted by molar-refractivity contribution is 7.10. The lowest BCUT2D eigenvalue weighted by molar-refractivity contribution is -0.143. The fourth-order valence-corrected chi connectivity index (χ4v) is 5.23. The average Bonchev–Trinajstić information content (AvgIpc) is 3.53. The number of furan rings is 1. The highest BCUT2D eigenvalue weighted by Gasteiger charge is 2.33. The summed E-state index contributed by atoms with van der Waals surface area (Å²) in [6.07, 6.45) is 2.73. The number of carbonyl (C=O) groups is 2. The van der Waals surface area contributed by atoms with Crippen LogP contribution in [-0.2, 0) is 22.6 Å². The van der Waals surface area contributed by atoms with Crippen LogP contribution in [0.3, 0.4) is 0 Å². The first kappa shape index (κ1) is 24.1. The molecule has 0 saturated heterocycles. The summed E-state index contributed by atoms with van der Waals surface area (Å²) in [5.41, 5.74) is 2.40. The predicted molar refractivity (Wildman–Crippen MR) is 133 cm³/mol. The van der Waals surface area contributed by atoms with Crippen molar-refractivity contribution in [3.63, 3.8) is 0 Å². The van der Waals surface area contributed by atoms with Gasteiger partial charge in [0.25, 0.3) is 0 Å². The minimum atomic E-state index is -0.186. The second kappa shape index (κ2) is 10.9. The molecular weight excluding hydrogens is 448 g/mol. The van der Waals surface area contributed by atoms with E-state index in [1.165, 1.54) is 10.4 Å². The maximum Gasteiger partial charge on any atom is 0.242 e. The number of benzene rings is 1. The highest BCUT2D eigenvalue weighted by Crippen LogP contribution is 2.34. The zero-order valence-corrected chi connectivity index (χ0v) is 20.8. The Labute approximate surface area is 205 Å². The minimum absolute atomic E-state index is 0.0203. The molecule has 3 aromatic rings. The Bertz CT molecular complexity index is 1090. The third-order valence-corrected chi connectivity index (χ3v) is 7.27. The van der Waals surface area contributed by atoms with Crippen molar-refractivity contribution in [2.24, 2.45) is 0 Å². The molecule has 1 atom stereocenters. The van der Waals surface area contributed by atoms with Crippen molar-refractivity contribution in [3.8, 4) is 5.75 Å². The first-order valence-electron chi connectivity index (χ1n) is 11.8. The molecule has 34 heavy (non-hydrogen) atoms. The number of thiophene rings is 1. The topological polar surface area (TPSA) is 63.0 Å². The second-order valence-corrected chi connectivity index (χ2v) is 9.87. The SMILES string of the molecule is CCC(=O)N(CC(=O)N1CCc2sccc2C1COc1ccc(C(C)C)cc1)Cc1ccco1. The number of hydrogen-bond acceptors (Lipinski definition) is 5. The van der Waals surface area contributed by atoms with Gasteiger partial charge < -0.3 is 19.0 Å². The maximum atomic E-state index is 13.5. The van der Waals surface area contributed by atoms with Crippen LogP contribution in [0.15, 0.2) is 58.5 Å². The summed E-state index contributed by atoms with van der Waals surface area (Å²) in [6.45, 7) is 7.42. The zero-order chi connectivity index (χ0) is 24.1. The molecule has 2 amide bonds. The first-order valence-corrected chi connectivity index (χ1v) is 12.7. The molecule has 2 aromatic heterocycles. The summed E-state index contributed by atoms with van der Waals surface area (Å²) in [6, 6.07) is 13.7. The van der Waals surface area contributed by atoms with Gasteiger partial charge in [-0.15, -0.1) is 11.3 Å². The lowest BCUT2D eigenvalue weighted by atomic mass is 10.00. The van der Waals surface area contributed by atoms with Crippen LogP contribution in [0.2, 0.25) is 0 Å². The zero-order valence-electron chi connectivity index (χ0n) is 20.0. The fourth-order valence-electron chi connectivity index (χ4n) is 4.30. The molecule has 0 fully saturated rings. The van der Waals surface area contributed by atoms with Crippen molar-refractivity contribution in [2.45, 2.75) is 52.1 Å². The van der Waals surface area contributed by atoms with Crippen LogP contribution in [0, 0.1) is 0 Å². The van der Waals surface area contributed by atoms with E-state index in [0.29, 0.717) is 31.3 Å². The van der Waals surface area contributed by atoms with Crippen LogP contribution < -0.4 is 4.74 Å². The molecule has 0 spiro atoms. The van der Waals surface area contributed by atoms with Crippen LogP contribution in [-0.4, -0.2) is 41.3 Å². The number of hydrogen-bond donors (Lipinski definition) is 0. The Morgan fingerprint density at radius 2 is 2.00 bits per heavy atom. The molecule has 0 bridgehead atoms. The number of rotatable bonds is 9. The van der Waals surface area contributed by atoms with Crippen LogP contribution in [0.1, 0.15) is 60.9 Å². The van der Waals surface area contributed by atoms with Crippen molar-refractivity contribution in [1.82, 2.24) is 9.80 Å². The van der Waals surface area contributed by atoms with E-state index in [2.05, 4.69) is 37.4 Å². The van der Waals surface area contributed by atoms with E-state index in [-0.39, 0.29) is 30.9 Å². The molecule has 0 N–H and O–H groups in total. The molecule has 0 aliphatic carbocycles. The second-order valence-electron chi connectivity index (χ2n) is 8.87. The number of ether oxygens (including phenoxy) is 1. The van der Waals surface area contributed by atoms with Gasteiger partial charge in [0, 0.05) is 17.8 Å². The van der Waals surface area contributed by atoms with Crippen LogP contribution >= 0.6 is 11.3 Å². The summed E-state index contributed by atoms with van der Waals surface area (Å²) in [5, 5.41) is 2.08. The lowest BCUT2D eigenvalue weighted by Gasteiger charge is -2.37. The van der Waals surface area contributed by atoms with Gasteiger partial charge in [0.15, 0.2) is 0 Å². The standard InChI is InChI=1S/C27H32N2O4S/c1-4-26(30)28(16-22-6-5-14-32-22)17-27(31)29-13-11-25-23(12-15-34-25)24(29)18-33-21-9-7-20(8-10-21)19(2)3/h5-10,12,14-15,19,24H,4,11,13,16-18H2,1-3H3. The molecule has 0 radical (unpaired) electrons. The molecule has 180 valence electrons. The van der Waals surface area contributed by atoms with E-state index < -0.39 is 0 Å². The molecule has 1 aliphatic heterocycles. The largest absolute Gasteiger partial charge is 0.491 e. The molecule has 4 rings (SSSR count). The molecule has 1 aliphatic rings. The number of carbonyl (C=O) groups excluding carboxylic acids is 2. The number of amides is 2. The normalized spacial score (nSPS) is 15.3. The van der Waals surface area contributed by atoms with Gasteiger partial charge in [-0.05, 0) is 59.2 Å². The third-order valence-electron chi connectivity index (χ3n) is 6.28. The van der Waals surface area contributed by atoms with Crippen LogP contribution in [0.4, 0.5) is 0 Å². The monoisotopic (exact) mass is 480 g/mol. The molecular formula is C27H32N2O4S. The predicted octanol–water partition coefficient (Wildman–Crippen LogP) is 5.41. The van der Waals surface area contributed by atoms with Gasteiger partial charge in [-0.2, -0.15) is 0 Å². The van der Waals surface area contributed by atoms with Gasteiger partial charge in [-0.1, -0.05) is 32.9 Å². The van der Waals surface area contributed by atoms with Gasteiger partial charge in [0.05, 0.1) is 18.8 Å². The molecule has 1 unspecified atom stereocenters. The van der Waals surface area contributed by atoms with Crippen molar-refractivity contribution < 1.29 is 18.7 Å². The van der Waals surface area contributed by atoms with E-state index in [4.69, 9.17) is 9.15 Å². The molecule has 6 nitrogen and oxygen atoms in total. The number of nitrogens with zero attached hydrogens (tertiary/aromatic N) is 2. The van der Waals surface area contributed by atoms with Gasteiger partial charge in [-0.25, -0.2) is 0 Å². The Balaban J connectivity index is 1.49. The van der Waals surface area contributed by atoms with Gasteiger partial charge in [0.1, 0.15) is 24.7 Å². The van der Waals surface area contributed by atoms with Crippen LogP contribution in [0.25, 0.3) is 0 Å². The third kappa shape index (κ3) is 5.53. The Hall–Kier alpha value is -3.06. The smallest absolute Gasteiger partial charge is 0.242 e. The van der Waals surface area contributed by atoms with E-state index in [1.54, 1.807) is 28.6 Å². The van der Waals surface area contributed by atoms with E-state index in [9.17, 15) is 9.59 Å². The van der Waals surface area contributed by atoms with Gasteiger partial charge in [-0.3, -0.25) is 9.59 Å². The minimum Gasteiger partial charge on any atom is -0.491 e. The lowest BCUT2D eigenvalue weighted by Crippen LogP contribution is -2.47. The Morgan fingerprint density at radius 1 is 1.21 bits per heavy atom. The summed E-state index contributed by atoms with van der Waals surface area (Å²) >= 11 is 1.72. The van der Waals surface area contributed by atoms with Gasteiger partial charge in [0.2, 0.25) is 11.8 Å². The van der Waals surface area contributed by atoms with Crippen LogP contribution in [0.5, 0.6) is 5.75 Å². The summed E-state index contributed by atoms with van der Waals surface area (Å²) in [4.78, 5) is 30.8. The fraction of sp³-hybridized carbons (Fsp3) is 0.407. The summed E-state index contributed by atoms with van der Waals surface area (Å²) < 4.78 is 11.6. The van der Waals surface area contributed by atoms with Crippen molar-refractivity contribution in [3.05, 3.63) is 75.9 Å². The molecule has 1 aromatic carbocycles. The van der Waals surface area contributed by atoms with E-state index in [1.807, 2.05) is 30.0 Å². The van der Waals surface area contributed by atoms with E-state index >= 15 is 0 Å². The summed E-state index contributed by atoms with van der Waals surface area (Å²) in [7, 11) is 0.